The van der Waals surface area contributed by atoms with E-state index in [1.807, 2.05) is 23.5 Å². The first-order chi connectivity index (χ1) is 8.43. The van der Waals surface area contributed by atoms with Crippen molar-refractivity contribution in [3.05, 3.63) is 46.4 Å². The monoisotopic (exact) mass is 245 g/mol. The molecular formula is C13H15N3S. The van der Waals surface area contributed by atoms with Crippen LogP contribution < -0.4 is 5.32 Å². The summed E-state index contributed by atoms with van der Waals surface area (Å²) in [5.74, 6) is 0.810. The maximum absolute atomic E-state index is 4.10. The Morgan fingerprint density at radius 3 is 2.94 bits per heavy atom. The van der Waals surface area contributed by atoms with Crippen molar-refractivity contribution in [3.8, 4) is 0 Å². The van der Waals surface area contributed by atoms with E-state index in [-0.39, 0.29) is 0 Å². The number of nitrogens with zero attached hydrogens (tertiary/aromatic N) is 2. The van der Waals surface area contributed by atoms with Crippen molar-refractivity contribution >= 4 is 11.3 Å². The van der Waals surface area contributed by atoms with Gasteiger partial charge in [-0.15, -0.1) is 11.3 Å². The van der Waals surface area contributed by atoms with Gasteiger partial charge in [-0.05, 0) is 42.3 Å². The van der Waals surface area contributed by atoms with Gasteiger partial charge in [-0.2, -0.15) is 10.2 Å². The lowest BCUT2D eigenvalue weighted by Gasteiger charge is -2.16. The van der Waals surface area contributed by atoms with Gasteiger partial charge in [0.1, 0.15) is 0 Å². The lowest BCUT2D eigenvalue weighted by molar-refractivity contribution is 0.482. The highest BCUT2D eigenvalue weighted by Gasteiger charge is 2.32. The van der Waals surface area contributed by atoms with Gasteiger partial charge < -0.3 is 5.32 Å². The topological polar surface area (TPSA) is 37.8 Å². The van der Waals surface area contributed by atoms with Crippen LogP contribution in [0.15, 0.2) is 35.8 Å². The minimum atomic E-state index is 0.497. The smallest absolute Gasteiger partial charge is 0.0769 e. The molecule has 17 heavy (non-hydrogen) atoms. The first kappa shape index (κ1) is 10.9. The Morgan fingerprint density at radius 1 is 1.35 bits per heavy atom. The van der Waals surface area contributed by atoms with E-state index in [2.05, 4.69) is 33.0 Å². The molecule has 0 saturated heterocycles. The number of rotatable bonds is 5. The minimum absolute atomic E-state index is 0.497. The Labute approximate surface area is 105 Å². The molecule has 0 radical (unpaired) electrons. The second-order valence-corrected chi connectivity index (χ2v) is 5.41. The van der Waals surface area contributed by atoms with Gasteiger partial charge in [0.25, 0.3) is 0 Å². The van der Waals surface area contributed by atoms with E-state index in [0.717, 1.165) is 18.2 Å². The summed E-state index contributed by atoms with van der Waals surface area (Å²) < 4.78 is 0. The van der Waals surface area contributed by atoms with Crippen LogP contribution in [0.25, 0.3) is 0 Å². The van der Waals surface area contributed by atoms with Crippen LogP contribution in [0, 0.1) is 5.92 Å². The average Bonchev–Trinajstić information content (AvgIpc) is 3.06. The molecule has 4 heteroatoms. The molecule has 0 aromatic carbocycles. The fourth-order valence-electron chi connectivity index (χ4n) is 2.04. The van der Waals surface area contributed by atoms with Gasteiger partial charge in [0.2, 0.25) is 0 Å². The van der Waals surface area contributed by atoms with E-state index in [1.165, 1.54) is 17.7 Å². The van der Waals surface area contributed by atoms with Crippen LogP contribution >= 0.6 is 11.3 Å². The van der Waals surface area contributed by atoms with E-state index in [9.17, 15) is 0 Å². The highest BCUT2D eigenvalue weighted by Crippen LogP contribution is 2.42. The van der Waals surface area contributed by atoms with Crippen molar-refractivity contribution < 1.29 is 0 Å². The molecule has 3 rings (SSSR count). The maximum atomic E-state index is 4.10. The Bertz CT molecular complexity index is 451. The molecule has 0 spiro atoms. The third-order valence-electron chi connectivity index (χ3n) is 3.07. The summed E-state index contributed by atoms with van der Waals surface area (Å²) >= 11 is 1.84. The highest BCUT2D eigenvalue weighted by atomic mass is 32.1. The van der Waals surface area contributed by atoms with Crippen molar-refractivity contribution in [3.63, 3.8) is 0 Å². The largest absolute Gasteiger partial charge is 0.303 e. The quantitative estimate of drug-likeness (QED) is 0.880. The molecule has 2 aromatic rings. The number of thiophene rings is 1. The second-order valence-electron chi connectivity index (χ2n) is 4.43. The fourth-order valence-corrected chi connectivity index (χ4v) is 2.93. The van der Waals surface area contributed by atoms with Gasteiger partial charge in [0.15, 0.2) is 0 Å². The number of aromatic nitrogens is 2. The molecule has 3 nitrogen and oxygen atoms in total. The van der Waals surface area contributed by atoms with Crippen LogP contribution in [0.2, 0.25) is 0 Å². The molecule has 1 unspecified atom stereocenters. The molecule has 1 aliphatic rings. The van der Waals surface area contributed by atoms with E-state index in [0.29, 0.717) is 6.04 Å². The molecule has 88 valence electrons. The lowest BCUT2D eigenvalue weighted by atomic mass is 10.1. The van der Waals surface area contributed by atoms with Crippen LogP contribution in [-0.4, -0.2) is 10.2 Å². The van der Waals surface area contributed by atoms with Crippen LogP contribution in [0.1, 0.15) is 29.5 Å². The zero-order valence-corrected chi connectivity index (χ0v) is 10.4. The van der Waals surface area contributed by atoms with Crippen molar-refractivity contribution in [1.29, 1.82) is 0 Å². The van der Waals surface area contributed by atoms with E-state index in [4.69, 9.17) is 0 Å². The molecule has 2 aromatic heterocycles. The number of hydrogen-bond acceptors (Lipinski definition) is 4. The first-order valence-corrected chi connectivity index (χ1v) is 6.85. The van der Waals surface area contributed by atoms with Gasteiger partial charge >= 0.3 is 0 Å². The predicted molar refractivity (Wildman–Crippen MR) is 68.7 cm³/mol. The summed E-state index contributed by atoms with van der Waals surface area (Å²) in [7, 11) is 0. The molecule has 1 aliphatic carbocycles. The van der Waals surface area contributed by atoms with E-state index >= 15 is 0 Å². The van der Waals surface area contributed by atoms with Crippen LogP contribution in [0.4, 0.5) is 0 Å². The highest BCUT2D eigenvalue weighted by molar-refractivity contribution is 7.10. The molecule has 1 saturated carbocycles. The molecule has 1 atom stereocenters. The van der Waals surface area contributed by atoms with Crippen molar-refractivity contribution in [2.45, 2.75) is 25.4 Å². The summed E-state index contributed by atoms with van der Waals surface area (Å²) in [6, 6.07) is 8.79. The fraction of sp³-hybridized carbons (Fsp3) is 0.385. The van der Waals surface area contributed by atoms with E-state index < -0.39 is 0 Å². The average molecular weight is 245 g/mol. The van der Waals surface area contributed by atoms with Crippen LogP contribution in [0.5, 0.6) is 0 Å². The van der Waals surface area contributed by atoms with Crippen molar-refractivity contribution in [2.75, 3.05) is 0 Å². The zero-order valence-electron chi connectivity index (χ0n) is 9.54. The Morgan fingerprint density at radius 2 is 2.29 bits per heavy atom. The van der Waals surface area contributed by atoms with E-state index in [1.54, 1.807) is 6.20 Å². The molecule has 0 amide bonds. The molecule has 0 bridgehead atoms. The first-order valence-electron chi connectivity index (χ1n) is 5.97. The van der Waals surface area contributed by atoms with Crippen molar-refractivity contribution in [2.24, 2.45) is 5.92 Å². The van der Waals surface area contributed by atoms with Crippen molar-refractivity contribution in [1.82, 2.24) is 15.5 Å². The Balaban J connectivity index is 1.66. The SMILES string of the molecule is c1cnnc(CNC(c2cccs2)C2CC2)c1. The van der Waals surface area contributed by atoms with Gasteiger partial charge in [-0.25, -0.2) is 0 Å². The summed E-state index contributed by atoms with van der Waals surface area (Å²) in [6.45, 7) is 0.799. The van der Waals surface area contributed by atoms with Gasteiger partial charge in [-0.3, -0.25) is 0 Å². The standard InChI is InChI=1S/C13H15N3S/c1-3-11(16-15-7-1)9-14-13(10-5-6-10)12-4-2-8-17-12/h1-4,7-8,10,13-14H,5-6,9H2. The number of nitrogens with one attached hydrogen (secondary N) is 1. The zero-order chi connectivity index (χ0) is 11.5. The molecule has 0 aliphatic heterocycles. The van der Waals surface area contributed by atoms with Crippen LogP contribution in [-0.2, 0) is 6.54 Å². The lowest BCUT2D eigenvalue weighted by Crippen LogP contribution is -2.22. The van der Waals surface area contributed by atoms with Crippen LogP contribution in [0.3, 0.4) is 0 Å². The predicted octanol–water partition coefficient (Wildman–Crippen LogP) is 2.78. The molecule has 2 heterocycles. The molecular weight excluding hydrogens is 230 g/mol. The summed E-state index contributed by atoms with van der Waals surface area (Å²) in [5.41, 5.74) is 1.01. The molecule has 1 N–H and O–H groups in total. The van der Waals surface area contributed by atoms with Gasteiger partial charge in [0, 0.05) is 23.7 Å². The third kappa shape index (κ3) is 2.70. The van der Waals surface area contributed by atoms with Gasteiger partial charge in [-0.1, -0.05) is 6.07 Å². The Hall–Kier alpha value is -1.26. The number of hydrogen-bond donors (Lipinski definition) is 1. The van der Waals surface area contributed by atoms with Gasteiger partial charge in [0.05, 0.1) is 5.69 Å². The molecule has 1 fully saturated rings. The maximum Gasteiger partial charge on any atom is 0.0769 e. The summed E-state index contributed by atoms with van der Waals surface area (Å²) in [5, 5.41) is 13.8. The minimum Gasteiger partial charge on any atom is -0.303 e. The normalized spacial score (nSPS) is 16.9. The second kappa shape index (κ2) is 4.94. The Kier molecular flexibility index (Phi) is 3.16. The summed E-state index contributed by atoms with van der Waals surface area (Å²) in [4.78, 5) is 1.44. The summed E-state index contributed by atoms with van der Waals surface area (Å²) in [6.07, 6.45) is 4.40. The third-order valence-corrected chi connectivity index (χ3v) is 4.03.